The maximum absolute atomic E-state index is 9.13. The lowest BCUT2D eigenvalue weighted by Gasteiger charge is -2.22. The molecule has 1 aliphatic rings. The molecule has 0 aliphatic carbocycles. The van der Waals surface area contributed by atoms with Crippen LogP contribution in [0.15, 0.2) is 0 Å². The SMILES string of the molecule is CCC1OCCN1CC(C)O. The van der Waals surface area contributed by atoms with E-state index in [0.29, 0.717) is 0 Å². The van der Waals surface area contributed by atoms with E-state index in [1.165, 1.54) is 0 Å². The summed E-state index contributed by atoms with van der Waals surface area (Å²) in [4.78, 5) is 2.19. The highest BCUT2D eigenvalue weighted by atomic mass is 16.5. The van der Waals surface area contributed by atoms with E-state index in [0.717, 1.165) is 26.1 Å². The first-order valence-corrected chi connectivity index (χ1v) is 4.27. The first-order valence-electron chi connectivity index (χ1n) is 4.27. The van der Waals surface area contributed by atoms with Crippen molar-refractivity contribution >= 4 is 0 Å². The monoisotopic (exact) mass is 159 g/mol. The minimum Gasteiger partial charge on any atom is -0.392 e. The smallest absolute Gasteiger partial charge is 0.110 e. The lowest BCUT2D eigenvalue weighted by molar-refractivity contribution is 0.0118. The lowest BCUT2D eigenvalue weighted by atomic mass is 10.3. The molecule has 0 spiro atoms. The molecule has 0 bridgehead atoms. The van der Waals surface area contributed by atoms with E-state index in [2.05, 4.69) is 11.8 Å². The molecule has 66 valence electrons. The fourth-order valence-corrected chi connectivity index (χ4v) is 1.48. The summed E-state index contributed by atoms with van der Waals surface area (Å²) in [7, 11) is 0. The van der Waals surface area contributed by atoms with Gasteiger partial charge in [0.15, 0.2) is 0 Å². The van der Waals surface area contributed by atoms with Gasteiger partial charge in [0.2, 0.25) is 0 Å². The largest absolute Gasteiger partial charge is 0.392 e. The van der Waals surface area contributed by atoms with Crippen molar-refractivity contribution < 1.29 is 9.84 Å². The lowest BCUT2D eigenvalue weighted by Crippen LogP contribution is -2.35. The van der Waals surface area contributed by atoms with Crippen molar-refractivity contribution in [1.82, 2.24) is 4.90 Å². The topological polar surface area (TPSA) is 32.7 Å². The van der Waals surface area contributed by atoms with Gasteiger partial charge >= 0.3 is 0 Å². The second kappa shape index (κ2) is 4.04. The Hall–Kier alpha value is -0.120. The molecule has 0 aromatic heterocycles. The number of aliphatic hydroxyl groups is 1. The van der Waals surface area contributed by atoms with E-state index < -0.39 is 0 Å². The maximum atomic E-state index is 9.13. The first-order chi connectivity index (χ1) is 5.24. The average molecular weight is 159 g/mol. The number of hydrogen-bond acceptors (Lipinski definition) is 3. The molecule has 1 saturated heterocycles. The van der Waals surface area contributed by atoms with Crippen molar-refractivity contribution in [3.05, 3.63) is 0 Å². The zero-order chi connectivity index (χ0) is 8.27. The third-order valence-electron chi connectivity index (χ3n) is 1.94. The van der Waals surface area contributed by atoms with Gasteiger partial charge in [-0.3, -0.25) is 4.90 Å². The Kier molecular flexibility index (Phi) is 3.30. The summed E-state index contributed by atoms with van der Waals surface area (Å²) < 4.78 is 5.43. The molecule has 1 rings (SSSR count). The number of β-amino-alcohol motifs (C(OH)–C–C–N with tert-alkyl or cyclic N) is 1. The van der Waals surface area contributed by atoms with Crippen molar-refractivity contribution in [3.63, 3.8) is 0 Å². The summed E-state index contributed by atoms with van der Waals surface area (Å²) >= 11 is 0. The molecule has 1 N–H and O–H groups in total. The molecule has 0 amide bonds. The molecule has 0 aromatic rings. The van der Waals surface area contributed by atoms with E-state index in [1.807, 2.05) is 6.92 Å². The second-order valence-corrected chi connectivity index (χ2v) is 3.08. The van der Waals surface area contributed by atoms with Crippen LogP contribution in [0.25, 0.3) is 0 Å². The standard InChI is InChI=1S/C8H17NO2/c1-3-8-9(4-5-11-8)6-7(2)10/h7-8,10H,3-6H2,1-2H3. The minimum absolute atomic E-state index is 0.240. The van der Waals surface area contributed by atoms with Gasteiger partial charge in [0.25, 0.3) is 0 Å². The maximum Gasteiger partial charge on any atom is 0.110 e. The molecule has 2 atom stereocenters. The molecular formula is C8H17NO2. The normalized spacial score (nSPS) is 29.2. The molecule has 3 heteroatoms. The third kappa shape index (κ3) is 2.43. The Morgan fingerprint density at radius 1 is 1.73 bits per heavy atom. The van der Waals surface area contributed by atoms with Gasteiger partial charge in [-0.05, 0) is 13.3 Å². The van der Waals surface area contributed by atoms with Crippen LogP contribution in [0.1, 0.15) is 20.3 Å². The van der Waals surface area contributed by atoms with Gasteiger partial charge in [-0.1, -0.05) is 6.92 Å². The van der Waals surface area contributed by atoms with Crippen LogP contribution < -0.4 is 0 Å². The van der Waals surface area contributed by atoms with Gasteiger partial charge in [0.1, 0.15) is 6.23 Å². The van der Waals surface area contributed by atoms with E-state index in [9.17, 15) is 0 Å². The van der Waals surface area contributed by atoms with E-state index in [1.54, 1.807) is 0 Å². The van der Waals surface area contributed by atoms with Crippen molar-refractivity contribution in [2.75, 3.05) is 19.7 Å². The predicted molar refractivity (Wildman–Crippen MR) is 43.3 cm³/mol. The van der Waals surface area contributed by atoms with Crippen LogP contribution in [0, 0.1) is 0 Å². The average Bonchev–Trinajstić information content (AvgIpc) is 2.34. The third-order valence-corrected chi connectivity index (χ3v) is 1.94. The van der Waals surface area contributed by atoms with Crippen LogP contribution in [-0.2, 0) is 4.74 Å². The number of ether oxygens (including phenoxy) is 1. The van der Waals surface area contributed by atoms with Gasteiger partial charge in [-0.2, -0.15) is 0 Å². The highest BCUT2D eigenvalue weighted by Crippen LogP contribution is 2.12. The minimum atomic E-state index is -0.245. The molecular weight excluding hydrogens is 142 g/mol. The van der Waals surface area contributed by atoms with Gasteiger partial charge in [-0.25, -0.2) is 0 Å². The predicted octanol–water partition coefficient (Wildman–Crippen LogP) is 0.436. The highest BCUT2D eigenvalue weighted by Gasteiger charge is 2.23. The van der Waals surface area contributed by atoms with Crippen LogP contribution >= 0.6 is 0 Å². The van der Waals surface area contributed by atoms with Crippen LogP contribution in [0.5, 0.6) is 0 Å². The summed E-state index contributed by atoms with van der Waals surface area (Å²) in [6, 6.07) is 0. The van der Waals surface area contributed by atoms with Crippen LogP contribution in [0.4, 0.5) is 0 Å². The highest BCUT2D eigenvalue weighted by molar-refractivity contribution is 4.70. The van der Waals surface area contributed by atoms with Gasteiger partial charge in [-0.15, -0.1) is 0 Å². The van der Waals surface area contributed by atoms with Crippen molar-refractivity contribution in [1.29, 1.82) is 0 Å². The molecule has 3 nitrogen and oxygen atoms in total. The van der Waals surface area contributed by atoms with E-state index >= 15 is 0 Å². The Labute approximate surface area is 68.0 Å². The van der Waals surface area contributed by atoms with Gasteiger partial charge < -0.3 is 9.84 Å². The summed E-state index contributed by atoms with van der Waals surface area (Å²) in [5.74, 6) is 0. The fraction of sp³-hybridized carbons (Fsp3) is 1.00. The van der Waals surface area contributed by atoms with Crippen molar-refractivity contribution in [2.24, 2.45) is 0 Å². The van der Waals surface area contributed by atoms with E-state index in [-0.39, 0.29) is 12.3 Å². The summed E-state index contributed by atoms with van der Waals surface area (Å²) in [5.41, 5.74) is 0. The zero-order valence-electron chi connectivity index (χ0n) is 7.29. The Balaban J connectivity index is 2.31. The molecule has 1 heterocycles. The molecule has 2 unspecified atom stereocenters. The second-order valence-electron chi connectivity index (χ2n) is 3.08. The molecule has 0 aromatic carbocycles. The molecule has 0 radical (unpaired) electrons. The van der Waals surface area contributed by atoms with Crippen molar-refractivity contribution in [3.8, 4) is 0 Å². The number of rotatable bonds is 3. The molecule has 1 aliphatic heterocycles. The number of nitrogens with zero attached hydrogens (tertiary/aromatic N) is 1. The molecule has 11 heavy (non-hydrogen) atoms. The zero-order valence-corrected chi connectivity index (χ0v) is 7.29. The van der Waals surface area contributed by atoms with Crippen molar-refractivity contribution in [2.45, 2.75) is 32.6 Å². The Morgan fingerprint density at radius 3 is 3.00 bits per heavy atom. The Bertz CT molecular complexity index is 117. The summed E-state index contributed by atoms with van der Waals surface area (Å²) in [5, 5.41) is 9.13. The Morgan fingerprint density at radius 2 is 2.45 bits per heavy atom. The van der Waals surface area contributed by atoms with E-state index in [4.69, 9.17) is 9.84 Å². The van der Waals surface area contributed by atoms with Crippen LogP contribution in [0.3, 0.4) is 0 Å². The number of aliphatic hydroxyl groups excluding tert-OH is 1. The first kappa shape index (κ1) is 8.97. The van der Waals surface area contributed by atoms with Gasteiger partial charge in [0.05, 0.1) is 12.7 Å². The quantitative estimate of drug-likeness (QED) is 0.648. The number of hydrogen-bond donors (Lipinski definition) is 1. The van der Waals surface area contributed by atoms with Crippen LogP contribution in [-0.4, -0.2) is 42.0 Å². The molecule has 0 saturated carbocycles. The summed E-state index contributed by atoms with van der Waals surface area (Å²) in [6.45, 7) is 6.42. The van der Waals surface area contributed by atoms with Gasteiger partial charge in [0, 0.05) is 13.1 Å². The van der Waals surface area contributed by atoms with Crippen LogP contribution in [0.2, 0.25) is 0 Å². The summed E-state index contributed by atoms with van der Waals surface area (Å²) in [6.07, 6.45) is 1.00. The molecule has 1 fully saturated rings. The fourth-order valence-electron chi connectivity index (χ4n) is 1.48.